The molecule has 0 saturated heterocycles. The van der Waals surface area contributed by atoms with Crippen LogP contribution in [0.15, 0.2) is 34.9 Å². The monoisotopic (exact) mass is 250 g/mol. The molecule has 82 valence electrons. The minimum absolute atomic E-state index is 0.125. The summed E-state index contributed by atoms with van der Waals surface area (Å²) in [6.45, 7) is 2.00. The molecule has 0 saturated carbocycles. The number of hydrogen-bond acceptors (Lipinski definition) is 5. The van der Waals surface area contributed by atoms with Gasteiger partial charge in [0.05, 0.1) is 5.75 Å². The van der Waals surface area contributed by atoms with Crippen LogP contribution in [0.25, 0.3) is 0 Å². The third kappa shape index (κ3) is 2.90. The molecular weight excluding hydrogens is 240 g/mol. The van der Waals surface area contributed by atoms with E-state index < -0.39 is 0 Å². The zero-order chi connectivity index (χ0) is 11.4. The van der Waals surface area contributed by atoms with E-state index >= 15 is 0 Å². The summed E-state index contributed by atoms with van der Waals surface area (Å²) in [5.74, 6) is 0.540. The molecule has 1 heterocycles. The molecule has 2 rings (SSSR count). The molecule has 0 aliphatic carbocycles. The first-order valence-corrected chi connectivity index (χ1v) is 6.51. The summed E-state index contributed by atoms with van der Waals surface area (Å²) in [4.78, 5) is 15.8. The van der Waals surface area contributed by atoms with Crippen molar-refractivity contribution in [3.63, 3.8) is 0 Å². The Morgan fingerprint density at radius 3 is 2.75 bits per heavy atom. The Balaban J connectivity index is 1.95. The predicted molar refractivity (Wildman–Crippen MR) is 66.1 cm³/mol. The number of ketones is 1. The maximum absolute atomic E-state index is 11.8. The number of aryl methyl sites for hydroxylation is 1. The summed E-state index contributed by atoms with van der Waals surface area (Å²) >= 11 is 2.74. The van der Waals surface area contributed by atoms with Crippen molar-refractivity contribution in [3.05, 3.63) is 41.7 Å². The molecule has 0 N–H and O–H groups in total. The van der Waals surface area contributed by atoms with Crippen LogP contribution in [0, 0.1) is 6.92 Å². The number of benzene rings is 1. The number of rotatable bonds is 4. The van der Waals surface area contributed by atoms with Gasteiger partial charge in [-0.2, -0.15) is 4.37 Å². The van der Waals surface area contributed by atoms with E-state index in [1.807, 2.05) is 31.2 Å². The van der Waals surface area contributed by atoms with Gasteiger partial charge in [-0.3, -0.25) is 4.79 Å². The summed E-state index contributed by atoms with van der Waals surface area (Å²) in [6.07, 6.45) is 1.50. The van der Waals surface area contributed by atoms with Gasteiger partial charge in [0.2, 0.25) is 0 Å². The van der Waals surface area contributed by atoms with Crippen LogP contribution >= 0.6 is 23.3 Å². The quantitative estimate of drug-likeness (QED) is 0.618. The van der Waals surface area contributed by atoms with Crippen molar-refractivity contribution in [2.75, 3.05) is 5.75 Å². The second kappa shape index (κ2) is 5.23. The lowest BCUT2D eigenvalue weighted by molar-refractivity contribution is 0.102. The molecule has 0 radical (unpaired) electrons. The SMILES string of the molecule is Cc1ccc(C(=O)CSc2ncns2)cc1. The Morgan fingerprint density at radius 1 is 1.38 bits per heavy atom. The summed E-state index contributed by atoms with van der Waals surface area (Å²) in [6, 6.07) is 7.61. The Hall–Kier alpha value is -1.20. The molecule has 0 atom stereocenters. The van der Waals surface area contributed by atoms with E-state index in [9.17, 15) is 4.79 Å². The first-order valence-electron chi connectivity index (χ1n) is 4.75. The molecule has 0 unspecified atom stereocenters. The number of carbonyl (C=O) groups excluding carboxylic acids is 1. The van der Waals surface area contributed by atoms with Gasteiger partial charge in [-0.15, -0.1) is 0 Å². The molecular formula is C11H10N2OS2. The molecule has 0 aliphatic heterocycles. The Labute approximate surface area is 102 Å². The van der Waals surface area contributed by atoms with E-state index in [0.29, 0.717) is 5.75 Å². The fourth-order valence-corrected chi connectivity index (χ4v) is 2.51. The maximum atomic E-state index is 11.8. The van der Waals surface area contributed by atoms with Crippen LogP contribution in [0.1, 0.15) is 15.9 Å². The maximum Gasteiger partial charge on any atom is 0.173 e. The summed E-state index contributed by atoms with van der Waals surface area (Å²) in [7, 11) is 0. The second-order valence-electron chi connectivity index (χ2n) is 3.29. The van der Waals surface area contributed by atoms with Crippen molar-refractivity contribution in [3.8, 4) is 0 Å². The van der Waals surface area contributed by atoms with Gasteiger partial charge in [0.25, 0.3) is 0 Å². The number of carbonyl (C=O) groups is 1. The van der Waals surface area contributed by atoms with Crippen molar-refractivity contribution in [1.82, 2.24) is 9.36 Å². The lowest BCUT2D eigenvalue weighted by Crippen LogP contribution is -2.01. The van der Waals surface area contributed by atoms with Crippen molar-refractivity contribution in [1.29, 1.82) is 0 Å². The molecule has 0 bridgehead atoms. The predicted octanol–water partition coefficient (Wildman–Crippen LogP) is 2.82. The van der Waals surface area contributed by atoms with Gasteiger partial charge in [-0.05, 0) is 18.5 Å². The molecule has 1 aromatic heterocycles. The van der Waals surface area contributed by atoms with Gasteiger partial charge in [-0.25, -0.2) is 4.98 Å². The average molecular weight is 250 g/mol. The molecule has 16 heavy (non-hydrogen) atoms. The average Bonchev–Trinajstić information content (AvgIpc) is 2.80. The fraction of sp³-hybridized carbons (Fsp3) is 0.182. The zero-order valence-corrected chi connectivity index (χ0v) is 10.3. The van der Waals surface area contributed by atoms with Gasteiger partial charge in [-0.1, -0.05) is 41.6 Å². The van der Waals surface area contributed by atoms with Crippen LogP contribution in [0.5, 0.6) is 0 Å². The molecule has 0 fully saturated rings. The number of aromatic nitrogens is 2. The highest BCUT2D eigenvalue weighted by atomic mass is 32.2. The molecule has 0 spiro atoms. The third-order valence-corrected chi connectivity index (χ3v) is 3.84. The van der Waals surface area contributed by atoms with Crippen LogP contribution in [0.4, 0.5) is 0 Å². The van der Waals surface area contributed by atoms with E-state index in [1.54, 1.807) is 0 Å². The largest absolute Gasteiger partial charge is 0.293 e. The van der Waals surface area contributed by atoms with Crippen LogP contribution in [0.3, 0.4) is 0 Å². The van der Waals surface area contributed by atoms with Crippen LogP contribution in [-0.4, -0.2) is 20.9 Å². The van der Waals surface area contributed by atoms with Crippen molar-refractivity contribution >= 4 is 29.1 Å². The number of thioether (sulfide) groups is 1. The van der Waals surface area contributed by atoms with Crippen molar-refractivity contribution < 1.29 is 4.79 Å². The first-order chi connectivity index (χ1) is 7.75. The van der Waals surface area contributed by atoms with E-state index in [0.717, 1.165) is 15.5 Å². The van der Waals surface area contributed by atoms with Crippen LogP contribution in [-0.2, 0) is 0 Å². The molecule has 3 nitrogen and oxygen atoms in total. The first kappa shape index (κ1) is 11.3. The summed E-state index contributed by atoms with van der Waals surface area (Å²) < 4.78 is 4.72. The van der Waals surface area contributed by atoms with Gasteiger partial charge in [0.1, 0.15) is 6.33 Å². The smallest absolute Gasteiger partial charge is 0.173 e. The van der Waals surface area contributed by atoms with Crippen molar-refractivity contribution in [2.24, 2.45) is 0 Å². The minimum Gasteiger partial charge on any atom is -0.293 e. The Kier molecular flexibility index (Phi) is 3.69. The number of hydrogen-bond donors (Lipinski definition) is 0. The summed E-state index contributed by atoms with van der Waals surface area (Å²) in [5, 5.41) is 0. The van der Waals surface area contributed by atoms with E-state index in [1.165, 1.54) is 29.6 Å². The standard InChI is InChI=1S/C11H10N2OS2/c1-8-2-4-9(5-3-8)10(14)6-15-11-12-7-13-16-11/h2-5,7H,6H2,1H3. The van der Waals surface area contributed by atoms with E-state index in [4.69, 9.17) is 0 Å². The minimum atomic E-state index is 0.125. The Morgan fingerprint density at radius 2 is 2.12 bits per heavy atom. The molecule has 1 aromatic carbocycles. The van der Waals surface area contributed by atoms with Gasteiger partial charge >= 0.3 is 0 Å². The van der Waals surface area contributed by atoms with Gasteiger partial charge < -0.3 is 0 Å². The lowest BCUT2D eigenvalue weighted by Gasteiger charge is -1.99. The van der Waals surface area contributed by atoms with Crippen LogP contribution in [0.2, 0.25) is 0 Å². The number of Topliss-reactive ketones (excluding diaryl/α,β-unsaturated/α-hetero) is 1. The second-order valence-corrected chi connectivity index (χ2v) is 5.29. The zero-order valence-electron chi connectivity index (χ0n) is 8.71. The molecule has 0 aliphatic rings. The Bertz CT molecular complexity index is 465. The van der Waals surface area contributed by atoms with E-state index in [2.05, 4.69) is 9.36 Å². The van der Waals surface area contributed by atoms with Crippen molar-refractivity contribution in [2.45, 2.75) is 11.3 Å². The van der Waals surface area contributed by atoms with Gasteiger partial charge in [0.15, 0.2) is 10.1 Å². The molecule has 2 aromatic rings. The topological polar surface area (TPSA) is 42.9 Å². The summed E-state index contributed by atoms with van der Waals surface area (Å²) in [5.41, 5.74) is 1.91. The fourth-order valence-electron chi connectivity index (χ4n) is 1.18. The van der Waals surface area contributed by atoms with Gasteiger partial charge in [0, 0.05) is 5.56 Å². The highest BCUT2D eigenvalue weighted by molar-refractivity contribution is 8.01. The molecule has 0 amide bonds. The highest BCUT2D eigenvalue weighted by Crippen LogP contribution is 2.19. The van der Waals surface area contributed by atoms with E-state index in [-0.39, 0.29) is 5.78 Å². The number of nitrogens with zero attached hydrogens (tertiary/aromatic N) is 2. The third-order valence-electron chi connectivity index (χ3n) is 2.04. The lowest BCUT2D eigenvalue weighted by atomic mass is 10.1. The molecule has 5 heteroatoms. The highest BCUT2D eigenvalue weighted by Gasteiger charge is 2.07. The normalized spacial score (nSPS) is 10.3. The van der Waals surface area contributed by atoms with Crippen LogP contribution < -0.4 is 0 Å².